The topological polar surface area (TPSA) is 0 Å². The van der Waals surface area contributed by atoms with Crippen LogP contribution < -0.4 is 0 Å². The van der Waals surface area contributed by atoms with Crippen molar-refractivity contribution in [1.82, 2.24) is 0 Å². The van der Waals surface area contributed by atoms with Gasteiger partial charge in [0.15, 0.2) is 0 Å². The Labute approximate surface area is 300 Å². The third kappa shape index (κ3) is 5.60. The predicted octanol–water partition coefficient (Wildman–Crippen LogP) is 13.8. The van der Waals surface area contributed by atoms with E-state index in [9.17, 15) is 0 Å². The maximum Gasteiger partial charge on any atom is -0.00923 e. The van der Waals surface area contributed by atoms with Gasteiger partial charge in [-0.3, -0.25) is 0 Å². The highest BCUT2D eigenvalue weighted by Gasteiger charge is 2.21. The van der Waals surface area contributed by atoms with Crippen molar-refractivity contribution in [2.45, 2.75) is 19.3 Å². The molecular formula is C51H38. The molecule has 0 aromatic heterocycles. The van der Waals surface area contributed by atoms with Crippen molar-refractivity contribution >= 4 is 61.7 Å². The van der Waals surface area contributed by atoms with Crippen LogP contribution in [0.3, 0.4) is 0 Å². The second-order valence-corrected chi connectivity index (χ2v) is 13.6. The molecule has 1 aliphatic rings. The highest BCUT2D eigenvalue weighted by molar-refractivity contribution is 6.18. The highest BCUT2D eigenvalue weighted by atomic mass is 14.3. The van der Waals surface area contributed by atoms with Gasteiger partial charge in [-0.1, -0.05) is 189 Å². The van der Waals surface area contributed by atoms with E-state index < -0.39 is 0 Å². The fraction of sp³-hybridized carbons (Fsp3) is 0.0588. The summed E-state index contributed by atoms with van der Waals surface area (Å²) in [6.07, 6.45) is 10.6. The molecule has 9 rings (SSSR count). The second kappa shape index (κ2) is 13.2. The summed E-state index contributed by atoms with van der Waals surface area (Å²) in [6, 6.07) is 62.0. The van der Waals surface area contributed by atoms with E-state index in [0.29, 0.717) is 5.92 Å². The number of rotatable bonds is 6. The molecule has 0 fully saturated rings. The Morgan fingerprint density at radius 1 is 0.451 bits per heavy atom. The zero-order valence-corrected chi connectivity index (χ0v) is 28.8. The molecular weight excluding hydrogens is 613 g/mol. The first-order chi connectivity index (χ1) is 25.2. The van der Waals surface area contributed by atoms with E-state index >= 15 is 0 Å². The SMILES string of the molecule is CC1CC=Cc2cccc(/C(=C/c3c(/C=C(/c4ccccc4)c4cccc5ccccc45)c4ccccc4c4ccccc34)c3ccccc3)c21. The first-order valence-corrected chi connectivity index (χ1v) is 18.0. The van der Waals surface area contributed by atoms with E-state index in [2.05, 4.69) is 201 Å². The van der Waals surface area contributed by atoms with Crippen LogP contribution >= 0.6 is 0 Å². The molecule has 0 heteroatoms. The standard InChI is InChI=1S/C51H38/c1-35-17-14-24-39-25-16-32-46(51(35)39)48(38-20-6-3-7-21-38)34-50-45-30-13-11-28-43(45)42-27-10-12-29-44(42)49(50)33-47(37-18-4-2-5-19-37)41-31-15-23-36-22-8-9-26-40(36)41/h2-16,18-35H,17H2,1H3/b47-33-,48-34+. The molecule has 1 unspecified atom stereocenters. The Balaban J connectivity index is 1.43. The lowest BCUT2D eigenvalue weighted by Crippen LogP contribution is -2.05. The monoisotopic (exact) mass is 650 g/mol. The minimum atomic E-state index is 0.428. The second-order valence-electron chi connectivity index (χ2n) is 13.6. The van der Waals surface area contributed by atoms with E-state index in [-0.39, 0.29) is 0 Å². The van der Waals surface area contributed by atoms with Crippen LogP contribution in [-0.2, 0) is 0 Å². The number of benzene rings is 8. The van der Waals surface area contributed by atoms with E-state index in [1.165, 1.54) is 88.0 Å². The summed E-state index contributed by atoms with van der Waals surface area (Å²) in [6.45, 7) is 2.37. The van der Waals surface area contributed by atoms with Gasteiger partial charge in [-0.25, -0.2) is 0 Å². The van der Waals surface area contributed by atoms with Crippen molar-refractivity contribution in [3.05, 3.63) is 220 Å². The summed E-state index contributed by atoms with van der Waals surface area (Å²) >= 11 is 0. The summed E-state index contributed by atoms with van der Waals surface area (Å²) in [4.78, 5) is 0. The van der Waals surface area contributed by atoms with Crippen LogP contribution in [0.25, 0.3) is 61.7 Å². The number of hydrogen-bond donors (Lipinski definition) is 0. The molecule has 0 saturated carbocycles. The van der Waals surface area contributed by atoms with Gasteiger partial charge in [-0.05, 0) is 112 Å². The number of allylic oxidation sites excluding steroid dienone is 1. The maximum absolute atomic E-state index is 2.49. The van der Waals surface area contributed by atoms with Crippen molar-refractivity contribution in [2.24, 2.45) is 0 Å². The fourth-order valence-electron chi connectivity index (χ4n) is 8.15. The maximum atomic E-state index is 2.49. The highest BCUT2D eigenvalue weighted by Crippen LogP contribution is 2.43. The largest absolute Gasteiger partial charge is 0.0833 e. The lowest BCUT2D eigenvalue weighted by molar-refractivity contribution is 0.769. The summed E-state index contributed by atoms with van der Waals surface area (Å²) in [5, 5.41) is 7.51. The Morgan fingerprint density at radius 3 is 1.55 bits per heavy atom. The Hall–Kier alpha value is -6.24. The molecule has 0 aliphatic heterocycles. The molecule has 1 atom stereocenters. The quantitative estimate of drug-likeness (QED) is 0.124. The summed E-state index contributed by atoms with van der Waals surface area (Å²) in [5.74, 6) is 0.428. The smallest absolute Gasteiger partial charge is 0.00923 e. The van der Waals surface area contributed by atoms with Gasteiger partial charge >= 0.3 is 0 Å². The van der Waals surface area contributed by atoms with Crippen LogP contribution in [0.15, 0.2) is 176 Å². The fourth-order valence-corrected chi connectivity index (χ4v) is 8.15. The average Bonchev–Trinajstić information content (AvgIpc) is 3.20. The first kappa shape index (κ1) is 30.8. The van der Waals surface area contributed by atoms with Crippen LogP contribution in [0.4, 0.5) is 0 Å². The third-order valence-electron chi connectivity index (χ3n) is 10.6. The van der Waals surface area contributed by atoms with Crippen molar-refractivity contribution in [1.29, 1.82) is 0 Å². The van der Waals surface area contributed by atoms with Gasteiger partial charge in [0.1, 0.15) is 0 Å². The number of hydrogen-bond acceptors (Lipinski definition) is 0. The van der Waals surface area contributed by atoms with Gasteiger partial charge < -0.3 is 0 Å². The lowest BCUT2D eigenvalue weighted by atomic mass is 9.80. The average molecular weight is 651 g/mol. The molecule has 0 radical (unpaired) electrons. The van der Waals surface area contributed by atoms with Gasteiger partial charge in [0, 0.05) is 0 Å². The van der Waals surface area contributed by atoms with Gasteiger partial charge in [0.05, 0.1) is 0 Å². The molecule has 242 valence electrons. The van der Waals surface area contributed by atoms with E-state index in [1.54, 1.807) is 0 Å². The van der Waals surface area contributed by atoms with Crippen molar-refractivity contribution in [3.63, 3.8) is 0 Å². The van der Waals surface area contributed by atoms with E-state index in [4.69, 9.17) is 0 Å². The summed E-state index contributed by atoms with van der Waals surface area (Å²) in [5.41, 5.74) is 12.6. The van der Waals surface area contributed by atoms with Gasteiger partial charge in [-0.15, -0.1) is 0 Å². The Bertz CT molecular complexity index is 2650. The van der Waals surface area contributed by atoms with Crippen molar-refractivity contribution in [2.75, 3.05) is 0 Å². The van der Waals surface area contributed by atoms with Gasteiger partial charge in [0.2, 0.25) is 0 Å². The Morgan fingerprint density at radius 2 is 0.922 bits per heavy atom. The van der Waals surface area contributed by atoms with Gasteiger partial charge in [0.25, 0.3) is 0 Å². The minimum absolute atomic E-state index is 0.428. The molecule has 1 aliphatic carbocycles. The van der Waals surface area contributed by atoms with Crippen LogP contribution in [-0.4, -0.2) is 0 Å². The van der Waals surface area contributed by atoms with Crippen molar-refractivity contribution < 1.29 is 0 Å². The molecule has 0 saturated heterocycles. The van der Waals surface area contributed by atoms with E-state index in [1.807, 2.05) is 0 Å². The third-order valence-corrected chi connectivity index (χ3v) is 10.6. The Kier molecular flexibility index (Phi) is 7.99. The minimum Gasteiger partial charge on any atom is -0.0833 e. The molecule has 0 heterocycles. The van der Waals surface area contributed by atoms with Crippen molar-refractivity contribution in [3.8, 4) is 0 Å². The van der Waals surface area contributed by atoms with E-state index in [0.717, 1.165) is 6.42 Å². The molecule has 8 aromatic carbocycles. The summed E-state index contributed by atoms with van der Waals surface area (Å²) < 4.78 is 0. The normalized spacial score (nSPS) is 14.6. The number of fused-ring (bicyclic) bond motifs is 5. The molecule has 0 bridgehead atoms. The van der Waals surface area contributed by atoms with Crippen LogP contribution in [0.1, 0.15) is 63.8 Å². The van der Waals surface area contributed by atoms with Crippen LogP contribution in [0.5, 0.6) is 0 Å². The summed E-state index contributed by atoms with van der Waals surface area (Å²) in [7, 11) is 0. The zero-order chi connectivity index (χ0) is 34.1. The van der Waals surface area contributed by atoms with Crippen LogP contribution in [0.2, 0.25) is 0 Å². The molecule has 0 amide bonds. The molecule has 8 aromatic rings. The molecule has 0 spiro atoms. The first-order valence-electron chi connectivity index (χ1n) is 18.0. The predicted molar refractivity (Wildman–Crippen MR) is 221 cm³/mol. The molecule has 0 N–H and O–H groups in total. The molecule has 51 heavy (non-hydrogen) atoms. The van der Waals surface area contributed by atoms with Gasteiger partial charge in [-0.2, -0.15) is 0 Å². The lowest BCUT2D eigenvalue weighted by Gasteiger charge is -2.24. The zero-order valence-electron chi connectivity index (χ0n) is 28.8. The van der Waals surface area contributed by atoms with Crippen LogP contribution in [0, 0.1) is 0 Å². The molecule has 0 nitrogen and oxygen atoms in total.